The Kier molecular flexibility index (Phi) is 4.10. The monoisotopic (exact) mass is 275 g/mol. The van der Waals surface area contributed by atoms with E-state index in [9.17, 15) is 15.0 Å². The fraction of sp³-hybridized carbons (Fsp3) is 0.267. The maximum atomic E-state index is 12.1. The summed E-state index contributed by atoms with van der Waals surface area (Å²) >= 11 is 0. The number of aryl methyl sites for hydroxylation is 1. The standard InChI is InChI=1S/C15H17NO4/c1-10-12(5-6-20-10)8-16(2)9-15(19)11-3-4-13(17)14(18)7-11/h3-7,17-18H,8-9H2,1-2H3. The first-order valence-corrected chi connectivity index (χ1v) is 6.24. The predicted octanol–water partition coefficient (Wildman–Crippen LogP) is 2.31. The number of carbonyl (C=O) groups is 1. The summed E-state index contributed by atoms with van der Waals surface area (Å²) in [7, 11) is 1.84. The van der Waals surface area contributed by atoms with Crippen molar-refractivity contribution in [3.63, 3.8) is 0 Å². The highest BCUT2D eigenvalue weighted by atomic mass is 16.3. The molecule has 0 aliphatic rings. The zero-order valence-corrected chi connectivity index (χ0v) is 11.5. The molecule has 0 spiro atoms. The van der Waals surface area contributed by atoms with Crippen molar-refractivity contribution in [1.82, 2.24) is 4.90 Å². The second-order valence-electron chi connectivity index (χ2n) is 4.80. The number of hydrogen-bond donors (Lipinski definition) is 2. The van der Waals surface area contributed by atoms with Crippen LogP contribution < -0.4 is 0 Å². The summed E-state index contributed by atoms with van der Waals surface area (Å²) in [5.41, 5.74) is 1.41. The van der Waals surface area contributed by atoms with E-state index in [1.54, 1.807) is 6.26 Å². The average molecular weight is 275 g/mol. The van der Waals surface area contributed by atoms with E-state index >= 15 is 0 Å². The Labute approximate surface area is 117 Å². The van der Waals surface area contributed by atoms with Crippen molar-refractivity contribution in [2.45, 2.75) is 13.5 Å². The lowest BCUT2D eigenvalue weighted by Gasteiger charge is -2.15. The van der Waals surface area contributed by atoms with Crippen LogP contribution in [0.4, 0.5) is 0 Å². The molecule has 0 atom stereocenters. The van der Waals surface area contributed by atoms with Crippen LogP contribution in [0.1, 0.15) is 21.7 Å². The molecule has 0 fully saturated rings. The van der Waals surface area contributed by atoms with E-state index in [4.69, 9.17) is 4.42 Å². The minimum absolute atomic E-state index is 0.121. The molecule has 5 nitrogen and oxygen atoms in total. The maximum Gasteiger partial charge on any atom is 0.176 e. The van der Waals surface area contributed by atoms with Crippen LogP contribution in [0.25, 0.3) is 0 Å². The first kappa shape index (κ1) is 14.1. The smallest absolute Gasteiger partial charge is 0.176 e. The Hall–Kier alpha value is -2.27. The summed E-state index contributed by atoms with van der Waals surface area (Å²) in [4.78, 5) is 13.9. The molecule has 0 unspecified atom stereocenters. The molecule has 0 amide bonds. The van der Waals surface area contributed by atoms with Crippen LogP contribution in [0.3, 0.4) is 0 Å². The number of benzene rings is 1. The Balaban J connectivity index is 2.00. The van der Waals surface area contributed by atoms with E-state index in [1.807, 2.05) is 24.9 Å². The zero-order valence-electron chi connectivity index (χ0n) is 11.5. The number of furan rings is 1. The summed E-state index contributed by atoms with van der Waals surface area (Å²) in [6, 6.07) is 5.95. The van der Waals surface area contributed by atoms with Crippen molar-refractivity contribution in [2.75, 3.05) is 13.6 Å². The molecule has 1 heterocycles. The topological polar surface area (TPSA) is 73.9 Å². The molecule has 106 valence electrons. The molecular formula is C15H17NO4. The molecule has 0 saturated heterocycles. The minimum atomic E-state index is -0.288. The van der Waals surface area contributed by atoms with Crippen molar-refractivity contribution in [1.29, 1.82) is 0 Å². The van der Waals surface area contributed by atoms with E-state index in [1.165, 1.54) is 18.2 Å². The van der Waals surface area contributed by atoms with Crippen molar-refractivity contribution in [3.8, 4) is 11.5 Å². The van der Waals surface area contributed by atoms with Gasteiger partial charge in [0, 0.05) is 17.7 Å². The van der Waals surface area contributed by atoms with Gasteiger partial charge in [0.15, 0.2) is 17.3 Å². The minimum Gasteiger partial charge on any atom is -0.504 e. The highest BCUT2D eigenvalue weighted by molar-refractivity contribution is 5.98. The van der Waals surface area contributed by atoms with Gasteiger partial charge in [0.2, 0.25) is 0 Å². The highest BCUT2D eigenvalue weighted by Gasteiger charge is 2.13. The summed E-state index contributed by atoms with van der Waals surface area (Å²) in [6.07, 6.45) is 1.62. The van der Waals surface area contributed by atoms with Crippen LogP contribution >= 0.6 is 0 Å². The molecule has 20 heavy (non-hydrogen) atoms. The Morgan fingerprint density at radius 3 is 2.60 bits per heavy atom. The number of phenols is 2. The van der Waals surface area contributed by atoms with Gasteiger partial charge < -0.3 is 14.6 Å². The first-order valence-electron chi connectivity index (χ1n) is 6.24. The van der Waals surface area contributed by atoms with Crippen molar-refractivity contribution >= 4 is 5.78 Å². The summed E-state index contributed by atoms with van der Waals surface area (Å²) in [5.74, 6) is 0.198. The third-order valence-corrected chi connectivity index (χ3v) is 3.12. The summed E-state index contributed by atoms with van der Waals surface area (Å²) < 4.78 is 5.21. The number of Topliss-reactive ketones (excluding diaryl/α,β-unsaturated/α-hetero) is 1. The van der Waals surface area contributed by atoms with Gasteiger partial charge in [0.1, 0.15) is 5.76 Å². The molecular weight excluding hydrogens is 258 g/mol. The predicted molar refractivity (Wildman–Crippen MR) is 73.9 cm³/mol. The van der Waals surface area contributed by atoms with Crippen LogP contribution in [0.15, 0.2) is 34.9 Å². The first-order chi connectivity index (χ1) is 9.47. The second-order valence-corrected chi connectivity index (χ2v) is 4.80. The molecule has 2 rings (SSSR count). The number of phenolic OH excluding ortho intramolecular Hbond substituents is 2. The molecule has 2 aromatic rings. The fourth-order valence-corrected chi connectivity index (χ4v) is 1.96. The third-order valence-electron chi connectivity index (χ3n) is 3.12. The van der Waals surface area contributed by atoms with E-state index in [2.05, 4.69) is 0 Å². The SMILES string of the molecule is Cc1occc1CN(C)CC(=O)c1ccc(O)c(O)c1. The summed E-state index contributed by atoms with van der Waals surface area (Å²) in [6.45, 7) is 2.70. The van der Waals surface area contributed by atoms with Gasteiger partial charge in [-0.3, -0.25) is 9.69 Å². The fourth-order valence-electron chi connectivity index (χ4n) is 1.96. The van der Waals surface area contributed by atoms with Gasteiger partial charge in [0.25, 0.3) is 0 Å². The lowest BCUT2D eigenvalue weighted by molar-refractivity contribution is 0.0942. The molecule has 5 heteroatoms. The summed E-state index contributed by atoms with van der Waals surface area (Å²) in [5, 5.41) is 18.6. The molecule has 1 aromatic heterocycles. The molecule has 0 radical (unpaired) electrons. The van der Waals surface area contributed by atoms with Gasteiger partial charge in [-0.25, -0.2) is 0 Å². The lowest BCUT2D eigenvalue weighted by Crippen LogP contribution is -2.25. The number of ketones is 1. The van der Waals surface area contributed by atoms with E-state index in [0.717, 1.165) is 11.3 Å². The molecule has 1 aromatic carbocycles. The lowest BCUT2D eigenvalue weighted by atomic mass is 10.1. The van der Waals surface area contributed by atoms with Crippen LogP contribution in [-0.2, 0) is 6.54 Å². The van der Waals surface area contributed by atoms with E-state index in [0.29, 0.717) is 12.1 Å². The molecule has 0 aliphatic carbocycles. The molecule has 2 N–H and O–H groups in total. The van der Waals surface area contributed by atoms with Crippen LogP contribution in [0, 0.1) is 6.92 Å². The van der Waals surface area contributed by atoms with Crippen molar-refractivity contribution < 1.29 is 19.4 Å². The quantitative estimate of drug-likeness (QED) is 0.647. The Morgan fingerprint density at radius 1 is 1.25 bits per heavy atom. The molecule has 0 aliphatic heterocycles. The van der Waals surface area contributed by atoms with Crippen LogP contribution in [0.5, 0.6) is 11.5 Å². The number of rotatable bonds is 5. The third kappa shape index (κ3) is 3.19. The van der Waals surface area contributed by atoms with E-state index < -0.39 is 0 Å². The second kappa shape index (κ2) is 5.79. The van der Waals surface area contributed by atoms with Gasteiger partial charge in [-0.05, 0) is 38.2 Å². The van der Waals surface area contributed by atoms with Crippen molar-refractivity contribution in [3.05, 3.63) is 47.4 Å². The van der Waals surface area contributed by atoms with Gasteiger partial charge in [-0.1, -0.05) is 0 Å². The molecule has 0 bridgehead atoms. The number of aromatic hydroxyl groups is 2. The van der Waals surface area contributed by atoms with Gasteiger partial charge >= 0.3 is 0 Å². The number of nitrogens with zero attached hydrogens (tertiary/aromatic N) is 1. The van der Waals surface area contributed by atoms with Crippen LogP contribution in [0.2, 0.25) is 0 Å². The normalized spacial score (nSPS) is 10.9. The number of hydrogen-bond acceptors (Lipinski definition) is 5. The van der Waals surface area contributed by atoms with Crippen molar-refractivity contribution in [2.24, 2.45) is 0 Å². The van der Waals surface area contributed by atoms with Gasteiger partial charge in [-0.2, -0.15) is 0 Å². The Bertz CT molecular complexity index is 618. The highest BCUT2D eigenvalue weighted by Crippen LogP contribution is 2.25. The largest absolute Gasteiger partial charge is 0.504 e. The Morgan fingerprint density at radius 2 is 2.00 bits per heavy atom. The molecule has 0 saturated carbocycles. The number of likely N-dealkylation sites (N-methyl/N-ethyl adjacent to an activating group) is 1. The zero-order chi connectivity index (χ0) is 14.7. The average Bonchev–Trinajstić information content (AvgIpc) is 2.78. The van der Waals surface area contributed by atoms with Crippen LogP contribution in [-0.4, -0.2) is 34.5 Å². The van der Waals surface area contributed by atoms with Gasteiger partial charge in [0.05, 0.1) is 12.8 Å². The van der Waals surface area contributed by atoms with E-state index in [-0.39, 0.29) is 23.8 Å². The van der Waals surface area contributed by atoms with Gasteiger partial charge in [-0.15, -0.1) is 0 Å². The maximum absolute atomic E-state index is 12.1. The number of carbonyl (C=O) groups excluding carboxylic acids is 1.